The standard InChI is InChI=1S/C31H37N7O4/c39-26-5-4-25(28(40)34-26)38-16-23-22(29(38)41)2-3-24-27(23)42-17-21-15-35(12-13-37(21)24)14-20-6-8-31(9-7-20)18-36(19-31)30-32-10-1-11-33-30/h1-3,10-11,20-21,25H,4-9,12-19H2,(H,34,39,40). The van der Waals surface area contributed by atoms with Gasteiger partial charge in [-0.15, -0.1) is 0 Å². The molecule has 2 atom stereocenters. The highest BCUT2D eigenvalue weighted by atomic mass is 16.5. The number of nitrogens with one attached hydrogen (secondary N) is 1. The molecule has 11 nitrogen and oxygen atoms in total. The normalized spacial score (nSPS) is 27.2. The van der Waals surface area contributed by atoms with E-state index >= 15 is 0 Å². The number of benzene rings is 1. The third-order valence-electron chi connectivity index (χ3n) is 10.5. The van der Waals surface area contributed by atoms with Crippen molar-refractivity contribution in [2.75, 3.05) is 55.7 Å². The molecule has 1 aromatic carbocycles. The highest BCUT2D eigenvalue weighted by Gasteiger charge is 2.47. The molecular formula is C31H37N7O4. The quantitative estimate of drug-likeness (QED) is 0.550. The molecule has 6 aliphatic rings. The summed E-state index contributed by atoms with van der Waals surface area (Å²) in [7, 11) is 0. The average molecular weight is 572 g/mol. The molecule has 1 spiro atoms. The topological polar surface area (TPSA) is 111 Å². The number of piperidine rings is 1. The Balaban J connectivity index is 0.875. The molecule has 6 heterocycles. The summed E-state index contributed by atoms with van der Waals surface area (Å²) >= 11 is 0. The molecule has 2 unspecified atom stereocenters. The average Bonchev–Trinajstić information content (AvgIpc) is 3.33. The van der Waals surface area contributed by atoms with E-state index in [0.717, 1.165) is 68.1 Å². The van der Waals surface area contributed by atoms with Gasteiger partial charge in [-0.25, -0.2) is 9.97 Å². The van der Waals surface area contributed by atoms with Crippen molar-refractivity contribution >= 4 is 29.4 Å². The number of anilines is 2. The summed E-state index contributed by atoms with van der Waals surface area (Å²) in [5, 5.41) is 2.38. The monoisotopic (exact) mass is 571 g/mol. The number of hydrogen-bond donors (Lipinski definition) is 1. The van der Waals surface area contributed by atoms with E-state index in [4.69, 9.17) is 4.74 Å². The van der Waals surface area contributed by atoms with Crippen molar-refractivity contribution in [2.45, 2.75) is 57.2 Å². The number of hydrogen-bond acceptors (Lipinski definition) is 9. The molecule has 11 heteroatoms. The Morgan fingerprint density at radius 3 is 2.60 bits per heavy atom. The highest BCUT2D eigenvalue weighted by molar-refractivity contribution is 6.06. The van der Waals surface area contributed by atoms with E-state index in [-0.39, 0.29) is 30.2 Å². The predicted molar refractivity (Wildman–Crippen MR) is 154 cm³/mol. The summed E-state index contributed by atoms with van der Waals surface area (Å²) in [6.07, 6.45) is 9.42. The first-order chi connectivity index (χ1) is 20.5. The number of nitrogens with zero attached hydrogens (tertiary/aromatic N) is 6. The van der Waals surface area contributed by atoms with E-state index in [0.29, 0.717) is 30.6 Å². The molecule has 0 radical (unpaired) electrons. The summed E-state index contributed by atoms with van der Waals surface area (Å²) in [4.78, 5) is 55.2. The van der Waals surface area contributed by atoms with Crippen molar-refractivity contribution in [3.63, 3.8) is 0 Å². The van der Waals surface area contributed by atoms with Crippen LogP contribution in [0.2, 0.25) is 0 Å². The highest BCUT2D eigenvalue weighted by Crippen LogP contribution is 2.47. The van der Waals surface area contributed by atoms with Crippen molar-refractivity contribution in [3.05, 3.63) is 41.7 Å². The fourth-order valence-electron chi connectivity index (χ4n) is 8.23. The lowest BCUT2D eigenvalue weighted by Gasteiger charge is -2.54. The molecule has 8 rings (SSSR count). The molecule has 2 aromatic rings. The van der Waals surface area contributed by atoms with Crippen molar-refractivity contribution in [2.24, 2.45) is 11.3 Å². The van der Waals surface area contributed by atoms with Gasteiger partial charge in [0, 0.05) is 74.6 Å². The lowest BCUT2D eigenvalue weighted by Crippen LogP contribution is -2.59. The van der Waals surface area contributed by atoms with Crippen molar-refractivity contribution in [3.8, 4) is 5.75 Å². The number of piperazine rings is 1. The summed E-state index contributed by atoms with van der Waals surface area (Å²) in [5.74, 6) is 1.57. The second-order valence-corrected chi connectivity index (χ2v) is 13.1. The van der Waals surface area contributed by atoms with Gasteiger partial charge in [0.2, 0.25) is 17.8 Å². The lowest BCUT2D eigenvalue weighted by molar-refractivity contribution is -0.136. The van der Waals surface area contributed by atoms with Crippen LogP contribution in [-0.2, 0) is 16.1 Å². The summed E-state index contributed by atoms with van der Waals surface area (Å²) < 4.78 is 6.38. The summed E-state index contributed by atoms with van der Waals surface area (Å²) in [6.45, 7) is 7.20. The van der Waals surface area contributed by atoms with Gasteiger partial charge in [0.1, 0.15) is 18.4 Å². The van der Waals surface area contributed by atoms with Gasteiger partial charge in [-0.3, -0.25) is 24.6 Å². The van der Waals surface area contributed by atoms with Crippen LogP contribution in [0.15, 0.2) is 30.6 Å². The summed E-state index contributed by atoms with van der Waals surface area (Å²) in [6, 6.07) is 5.45. The smallest absolute Gasteiger partial charge is 0.255 e. The van der Waals surface area contributed by atoms with E-state index in [9.17, 15) is 14.4 Å². The van der Waals surface area contributed by atoms with Crippen LogP contribution in [-0.4, -0.2) is 95.4 Å². The first-order valence-electron chi connectivity index (χ1n) is 15.4. The number of fused-ring (bicyclic) bond motifs is 5. The van der Waals surface area contributed by atoms with E-state index in [1.807, 2.05) is 30.6 Å². The van der Waals surface area contributed by atoms with Gasteiger partial charge in [0.15, 0.2) is 0 Å². The van der Waals surface area contributed by atoms with Crippen molar-refractivity contribution in [1.29, 1.82) is 0 Å². The van der Waals surface area contributed by atoms with Gasteiger partial charge < -0.3 is 19.4 Å². The lowest BCUT2D eigenvalue weighted by atomic mass is 9.66. The first kappa shape index (κ1) is 25.9. The van der Waals surface area contributed by atoms with Crippen LogP contribution < -0.4 is 19.9 Å². The van der Waals surface area contributed by atoms with Crippen LogP contribution in [0.1, 0.15) is 54.4 Å². The Morgan fingerprint density at radius 2 is 1.81 bits per heavy atom. The van der Waals surface area contributed by atoms with Gasteiger partial charge in [-0.05, 0) is 56.2 Å². The maximum absolute atomic E-state index is 13.2. The van der Waals surface area contributed by atoms with Gasteiger partial charge in [0.25, 0.3) is 5.91 Å². The minimum absolute atomic E-state index is 0.157. The molecule has 0 bridgehead atoms. The van der Waals surface area contributed by atoms with E-state index in [2.05, 4.69) is 30.0 Å². The minimum Gasteiger partial charge on any atom is -0.489 e. The van der Waals surface area contributed by atoms with Gasteiger partial charge in [-0.2, -0.15) is 0 Å². The van der Waals surface area contributed by atoms with Crippen molar-refractivity contribution < 1.29 is 19.1 Å². The SMILES string of the molecule is O=C1CCC(N2Cc3c(ccc4c3OCC3CN(CC5CCC6(CC5)CN(c5ncccn5)C6)CCN43)C2=O)C(=O)N1. The largest absolute Gasteiger partial charge is 0.489 e. The zero-order valence-electron chi connectivity index (χ0n) is 23.8. The second-order valence-electron chi connectivity index (χ2n) is 13.1. The molecule has 1 saturated carbocycles. The maximum Gasteiger partial charge on any atom is 0.255 e. The maximum atomic E-state index is 13.2. The first-order valence-corrected chi connectivity index (χ1v) is 15.4. The number of carbonyl (C=O) groups is 3. The number of amides is 3. The Hall–Kier alpha value is -3.73. The van der Waals surface area contributed by atoms with Crippen LogP contribution in [0, 0.1) is 11.3 Å². The third-order valence-corrected chi connectivity index (χ3v) is 10.5. The molecule has 1 N–H and O–H groups in total. The predicted octanol–water partition coefficient (Wildman–Crippen LogP) is 1.82. The van der Waals surface area contributed by atoms with Crippen molar-refractivity contribution in [1.82, 2.24) is 25.1 Å². The molecule has 42 heavy (non-hydrogen) atoms. The number of aromatic nitrogens is 2. The number of carbonyl (C=O) groups excluding carboxylic acids is 3. The molecule has 3 saturated heterocycles. The molecular weight excluding hydrogens is 534 g/mol. The molecule has 1 aliphatic carbocycles. The Kier molecular flexibility index (Phi) is 6.13. The van der Waals surface area contributed by atoms with E-state index in [1.165, 1.54) is 25.7 Å². The number of ether oxygens (including phenoxy) is 1. The van der Waals surface area contributed by atoms with E-state index in [1.54, 1.807) is 4.90 Å². The third kappa shape index (κ3) is 4.31. The van der Waals surface area contributed by atoms with Crippen LogP contribution >= 0.6 is 0 Å². The van der Waals surface area contributed by atoms with Gasteiger partial charge in [-0.1, -0.05) is 0 Å². The number of imide groups is 1. The van der Waals surface area contributed by atoms with Crippen LogP contribution in [0.4, 0.5) is 11.6 Å². The zero-order valence-corrected chi connectivity index (χ0v) is 23.8. The Labute approximate surface area is 245 Å². The number of rotatable bonds is 4. The molecule has 4 fully saturated rings. The van der Waals surface area contributed by atoms with Gasteiger partial charge >= 0.3 is 0 Å². The molecule has 3 amide bonds. The zero-order chi connectivity index (χ0) is 28.4. The van der Waals surface area contributed by atoms with Crippen LogP contribution in [0.3, 0.4) is 0 Å². The molecule has 220 valence electrons. The fourth-order valence-corrected chi connectivity index (χ4v) is 8.23. The summed E-state index contributed by atoms with van der Waals surface area (Å²) in [5.41, 5.74) is 2.98. The molecule has 1 aromatic heterocycles. The Morgan fingerprint density at radius 1 is 1.00 bits per heavy atom. The van der Waals surface area contributed by atoms with Gasteiger partial charge in [0.05, 0.1) is 18.3 Å². The van der Waals surface area contributed by atoms with Crippen LogP contribution in [0.25, 0.3) is 0 Å². The van der Waals surface area contributed by atoms with E-state index < -0.39 is 6.04 Å². The minimum atomic E-state index is -0.617. The fraction of sp³-hybridized carbons (Fsp3) is 0.581. The Bertz CT molecular complexity index is 1420. The second kappa shape index (κ2) is 9.93. The molecule has 5 aliphatic heterocycles. The van der Waals surface area contributed by atoms with Crippen LogP contribution in [0.5, 0.6) is 5.75 Å².